The van der Waals surface area contributed by atoms with Gasteiger partial charge in [-0.2, -0.15) is 9.90 Å². The van der Waals surface area contributed by atoms with Crippen LogP contribution in [0.4, 0.5) is 0 Å². The van der Waals surface area contributed by atoms with Crippen molar-refractivity contribution in [3.05, 3.63) is 95.6 Å². The first-order valence-corrected chi connectivity index (χ1v) is 11.4. The average Bonchev–Trinajstić information content (AvgIpc) is 3.33. The molecule has 4 rings (SSSR count). The summed E-state index contributed by atoms with van der Waals surface area (Å²) >= 11 is 0. The summed E-state index contributed by atoms with van der Waals surface area (Å²) in [7, 11) is 0. The molecule has 9 nitrogen and oxygen atoms in total. The van der Waals surface area contributed by atoms with E-state index in [2.05, 4.69) is 46.7 Å². The highest BCUT2D eigenvalue weighted by Gasteiger charge is 2.15. The van der Waals surface area contributed by atoms with Gasteiger partial charge in [0.15, 0.2) is 0 Å². The van der Waals surface area contributed by atoms with Crippen molar-refractivity contribution in [1.82, 2.24) is 25.6 Å². The van der Waals surface area contributed by atoms with Crippen LogP contribution in [-0.4, -0.2) is 38.3 Å². The van der Waals surface area contributed by atoms with Gasteiger partial charge in [-0.25, -0.2) is 10.2 Å². The largest absolute Gasteiger partial charge is 0.423 e. The summed E-state index contributed by atoms with van der Waals surface area (Å²) in [5.74, 6) is 0.0229. The molecule has 0 fully saturated rings. The fraction of sp³-hybridized carbons (Fsp3) is 0.185. The van der Waals surface area contributed by atoms with Crippen molar-refractivity contribution in [2.24, 2.45) is 5.10 Å². The highest BCUT2D eigenvalue weighted by atomic mass is 16.5. The van der Waals surface area contributed by atoms with Crippen LogP contribution in [0, 0.1) is 0 Å². The zero-order valence-electron chi connectivity index (χ0n) is 20.3. The third-order valence-corrected chi connectivity index (χ3v) is 5.25. The molecular weight excluding hydrogens is 456 g/mol. The standard InChI is InChI=1S/C27H26N6O3/c1-27(2,3)22-13-11-21(12-14-22)26(35)36-23-15-9-19(10-16-23)17-28-29-24(34)18-33-31-25(30-32-33)20-7-5-4-6-8-20/h4-17H,18H2,1-3H3,(H,29,34)/b28-17+. The zero-order valence-corrected chi connectivity index (χ0v) is 20.3. The van der Waals surface area contributed by atoms with Crippen LogP contribution in [0.1, 0.15) is 42.3 Å². The second-order valence-electron chi connectivity index (χ2n) is 9.09. The molecule has 0 saturated carbocycles. The molecule has 1 aromatic heterocycles. The van der Waals surface area contributed by atoms with E-state index in [0.29, 0.717) is 17.1 Å². The van der Waals surface area contributed by atoms with E-state index in [1.54, 1.807) is 36.4 Å². The predicted octanol–water partition coefficient (Wildman–Crippen LogP) is 4.01. The van der Waals surface area contributed by atoms with Crippen LogP contribution >= 0.6 is 0 Å². The lowest BCUT2D eigenvalue weighted by molar-refractivity contribution is -0.122. The zero-order chi connectivity index (χ0) is 25.5. The van der Waals surface area contributed by atoms with Gasteiger partial charge in [-0.1, -0.05) is 63.2 Å². The number of hydrazone groups is 1. The summed E-state index contributed by atoms with van der Waals surface area (Å²) in [6.07, 6.45) is 1.49. The third kappa shape index (κ3) is 6.47. The Balaban J connectivity index is 1.27. The monoisotopic (exact) mass is 482 g/mol. The number of hydrogen-bond acceptors (Lipinski definition) is 7. The van der Waals surface area contributed by atoms with Gasteiger partial charge in [0.1, 0.15) is 12.3 Å². The number of nitrogens with zero attached hydrogens (tertiary/aromatic N) is 5. The van der Waals surface area contributed by atoms with Gasteiger partial charge in [-0.3, -0.25) is 4.79 Å². The van der Waals surface area contributed by atoms with E-state index in [1.807, 2.05) is 42.5 Å². The van der Waals surface area contributed by atoms with Crippen LogP contribution in [0.15, 0.2) is 84.0 Å². The van der Waals surface area contributed by atoms with Crippen molar-refractivity contribution in [2.45, 2.75) is 32.7 Å². The summed E-state index contributed by atoms with van der Waals surface area (Å²) in [5, 5.41) is 16.0. The number of benzene rings is 3. The van der Waals surface area contributed by atoms with Gasteiger partial charge in [0.25, 0.3) is 5.91 Å². The van der Waals surface area contributed by atoms with Gasteiger partial charge in [0.05, 0.1) is 11.8 Å². The van der Waals surface area contributed by atoms with E-state index in [9.17, 15) is 9.59 Å². The van der Waals surface area contributed by atoms with E-state index in [0.717, 1.165) is 16.7 Å². The number of carbonyl (C=O) groups is 2. The highest BCUT2D eigenvalue weighted by Crippen LogP contribution is 2.22. The Morgan fingerprint density at radius 2 is 1.67 bits per heavy atom. The van der Waals surface area contributed by atoms with Crippen LogP contribution in [-0.2, 0) is 16.8 Å². The van der Waals surface area contributed by atoms with Crippen LogP contribution in [0.5, 0.6) is 5.75 Å². The Bertz CT molecular complexity index is 1360. The number of amides is 1. The van der Waals surface area contributed by atoms with Crippen molar-refractivity contribution in [1.29, 1.82) is 0 Å². The topological polar surface area (TPSA) is 111 Å². The van der Waals surface area contributed by atoms with Crippen molar-refractivity contribution < 1.29 is 14.3 Å². The molecule has 9 heteroatoms. The van der Waals surface area contributed by atoms with Gasteiger partial charge in [-0.05, 0) is 58.2 Å². The van der Waals surface area contributed by atoms with E-state index in [-0.39, 0.29) is 12.0 Å². The number of nitrogens with one attached hydrogen (secondary N) is 1. The Kier molecular flexibility index (Phi) is 7.29. The summed E-state index contributed by atoms with van der Waals surface area (Å²) in [4.78, 5) is 25.8. The molecular formula is C27H26N6O3. The summed E-state index contributed by atoms with van der Waals surface area (Å²) in [5.41, 5.74) is 5.60. The molecule has 0 bridgehead atoms. The predicted molar refractivity (Wildman–Crippen MR) is 136 cm³/mol. The normalized spacial score (nSPS) is 11.4. The average molecular weight is 483 g/mol. The van der Waals surface area contributed by atoms with Gasteiger partial charge < -0.3 is 4.74 Å². The molecule has 0 aliphatic heterocycles. The molecule has 0 atom stereocenters. The molecule has 0 aliphatic rings. The van der Waals surface area contributed by atoms with E-state index in [4.69, 9.17) is 4.74 Å². The minimum atomic E-state index is -0.429. The Morgan fingerprint density at radius 1 is 0.972 bits per heavy atom. The molecule has 1 heterocycles. The number of hydrogen-bond donors (Lipinski definition) is 1. The maximum atomic E-state index is 12.4. The van der Waals surface area contributed by atoms with Crippen molar-refractivity contribution in [2.75, 3.05) is 0 Å². The number of aromatic nitrogens is 4. The second kappa shape index (κ2) is 10.7. The third-order valence-electron chi connectivity index (χ3n) is 5.25. The van der Waals surface area contributed by atoms with Crippen LogP contribution < -0.4 is 10.2 Å². The van der Waals surface area contributed by atoms with Crippen LogP contribution in [0.2, 0.25) is 0 Å². The first-order valence-electron chi connectivity index (χ1n) is 11.4. The van der Waals surface area contributed by atoms with E-state index in [1.165, 1.54) is 11.0 Å². The Morgan fingerprint density at radius 3 is 2.33 bits per heavy atom. The highest BCUT2D eigenvalue weighted by molar-refractivity contribution is 5.91. The first-order chi connectivity index (χ1) is 17.3. The maximum absolute atomic E-state index is 12.4. The molecule has 36 heavy (non-hydrogen) atoms. The molecule has 0 spiro atoms. The minimum Gasteiger partial charge on any atom is -0.423 e. The lowest BCUT2D eigenvalue weighted by Crippen LogP contribution is -2.24. The number of rotatable bonds is 7. The van der Waals surface area contributed by atoms with Crippen LogP contribution in [0.3, 0.4) is 0 Å². The summed E-state index contributed by atoms with van der Waals surface area (Å²) < 4.78 is 5.45. The number of ether oxygens (including phenoxy) is 1. The Hall–Kier alpha value is -4.66. The number of tetrazole rings is 1. The smallest absolute Gasteiger partial charge is 0.343 e. The SMILES string of the molecule is CC(C)(C)c1ccc(C(=O)Oc2ccc(/C=N/NC(=O)Cn3nnc(-c4ccccc4)n3)cc2)cc1. The minimum absolute atomic E-state index is 0.0123. The second-order valence-corrected chi connectivity index (χ2v) is 9.09. The van der Waals surface area contributed by atoms with Crippen molar-refractivity contribution in [3.8, 4) is 17.1 Å². The first kappa shape index (κ1) is 24.5. The molecule has 0 unspecified atom stereocenters. The maximum Gasteiger partial charge on any atom is 0.343 e. The fourth-order valence-corrected chi connectivity index (χ4v) is 3.25. The van der Waals surface area contributed by atoms with Crippen molar-refractivity contribution >= 4 is 18.1 Å². The molecule has 182 valence electrons. The van der Waals surface area contributed by atoms with Crippen molar-refractivity contribution in [3.63, 3.8) is 0 Å². The lowest BCUT2D eigenvalue weighted by atomic mass is 9.87. The molecule has 0 radical (unpaired) electrons. The molecule has 3 aromatic carbocycles. The van der Waals surface area contributed by atoms with E-state index < -0.39 is 11.9 Å². The molecule has 1 N–H and O–H groups in total. The Labute approximate surface area is 208 Å². The summed E-state index contributed by atoms with van der Waals surface area (Å²) in [6.45, 7) is 6.23. The van der Waals surface area contributed by atoms with E-state index >= 15 is 0 Å². The van der Waals surface area contributed by atoms with Gasteiger partial charge in [-0.15, -0.1) is 10.2 Å². The number of esters is 1. The van der Waals surface area contributed by atoms with Gasteiger partial charge in [0.2, 0.25) is 5.82 Å². The van der Waals surface area contributed by atoms with Gasteiger partial charge >= 0.3 is 5.97 Å². The van der Waals surface area contributed by atoms with Crippen LogP contribution in [0.25, 0.3) is 11.4 Å². The fourth-order valence-electron chi connectivity index (χ4n) is 3.25. The lowest BCUT2D eigenvalue weighted by Gasteiger charge is -2.18. The molecule has 0 aliphatic carbocycles. The summed E-state index contributed by atoms with van der Waals surface area (Å²) in [6, 6.07) is 23.6. The molecule has 4 aromatic rings. The quantitative estimate of drug-likeness (QED) is 0.184. The molecule has 0 saturated heterocycles. The van der Waals surface area contributed by atoms with Gasteiger partial charge in [0, 0.05) is 5.56 Å². The number of carbonyl (C=O) groups excluding carboxylic acids is 2. The molecule has 1 amide bonds.